The van der Waals surface area contributed by atoms with E-state index in [0.717, 1.165) is 35.9 Å². The number of carbonyl (C=O) groups excluding carboxylic acids is 3. The van der Waals surface area contributed by atoms with E-state index < -0.39 is 33.4 Å². The molecule has 2 fully saturated rings. The van der Waals surface area contributed by atoms with Gasteiger partial charge >= 0.3 is 0 Å². The van der Waals surface area contributed by atoms with Gasteiger partial charge in [-0.2, -0.15) is 0 Å². The van der Waals surface area contributed by atoms with Gasteiger partial charge in [0.1, 0.15) is 11.8 Å². The molecule has 0 bridgehead atoms. The van der Waals surface area contributed by atoms with Crippen LogP contribution in [0, 0.1) is 17.8 Å². The van der Waals surface area contributed by atoms with Crippen molar-refractivity contribution >= 4 is 46.5 Å². The second kappa shape index (κ2) is 13.9. The van der Waals surface area contributed by atoms with Gasteiger partial charge in [-0.05, 0) is 88.6 Å². The zero-order valence-electron chi connectivity index (χ0n) is 29.5. The topological polar surface area (TPSA) is 93.6 Å². The van der Waals surface area contributed by atoms with Crippen molar-refractivity contribution in [2.24, 2.45) is 17.8 Å². The Balaban J connectivity index is 1.43. The number of carbonyl (C=O) groups is 3. The Labute approximate surface area is 294 Å². The first-order valence-electron chi connectivity index (χ1n) is 17.7. The summed E-state index contributed by atoms with van der Waals surface area (Å²) in [7, 11) is 0. The van der Waals surface area contributed by atoms with Crippen molar-refractivity contribution in [3.8, 4) is 5.75 Å². The molecular formula is C39H50N4O5S. The molecule has 0 aromatic heterocycles. The molecule has 2 aromatic carbocycles. The summed E-state index contributed by atoms with van der Waals surface area (Å²) < 4.78 is 3.90. The molecule has 0 radical (unpaired) electrons. The molecule has 262 valence electrons. The number of ether oxygens (including phenoxy) is 1. The molecular weight excluding hydrogens is 637 g/mol. The van der Waals surface area contributed by atoms with Crippen LogP contribution in [0.2, 0.25) is 0 Å². The van der Waals surface area contributed by atoms with Gasteiger partial charge in [0.2, 0.25) is 11.8 Å². The van der Waals surface area contributed by atoms with Gasteiger partial charge in [0.25, 0.3) is 5.91 Å². The van der Waals surface area contributed by atoms with E-state index in [0.29, 0.717) is 26.1 Å². The van der Waals surface area contributed by atoms with E-state index in [1.807, 2.05) is 80.6 Å². The van der Waals surface area contributed by atoms with Crippen molar-refractivity contribution in [3.63, 3.8) is 0 Å². The maximum absolute atomic E-state index is 15.0. The molecule has 2 aromatic rings. The highest BCUT2D eigenvalue weighted by molar-refractivity contribution is 8.02. The number of amides is 3. The second-order valence-electron chi connectivity index (χ2n) is 14.0. The largest absolute Gasteiger partial charge is 0.494 e. The van der Waals surface area contributed by atoms with Crippen molar-refractivity contribution in [1.82, 2.24) is 4.90 Å². The molecule has 2 saturated heterocycles. The minimum absolute atomic E-state index is 0.140. The van der Waals surface area contributed by atoms with Gasteiger partial charge < -0.3 is 29.4 Å². The minimum atomic E-state index is -1.00. The quantitative estimate of drug-likeness (QED) is 0.311. The summed E-state index contributed by atoms with van der Waals surface area (Å²) >= 11 is 1.56. The van der Waals surface area contributed by atoms with Crippen molar-refractivity contribution in [2.75, 3.05) is 54.1 Å². The van der Waals surface area contributed by atoms with E-state index in [1.54, 1.807) is 26.5 Å². The lowest BCUT2D eigenvalue weighted by molar-refractivity contribution is -0.142. The maximum atomic E-state index is 15.0. The Morgan fingerprint density at radius 1 is 0.857 bits per heavy atom. The fourth-order valence-corrected chi connectivity index (χ4v) is 10.6. The summed E-state index contributed by atoms with van der Waals surface area (Å²) in [6.07, 6.45) is 8.66. The predicted molar refractivity (Wildman–Crippen MR) is 197 cm³/mol. The van der Waals surface area contributed by atoms with Crippen LogP contribution in [-0.2, 0) is 14.4 Å². The Kier molecular flexibility index (Phi) is 9.93. The lowest BCUT2D eigenvalue weighted by atomic mass is 9.74. The van der Waals surface area contributed by atoms with E-state index in [9.17, 15) is 9.90 Å². The summed E-state index contributed by atoms with van der Waals surface area (Å²) in [6, 6.07) is 14.0. The third kappa shape index (κ3) is 5.94. The monoisotopic (exact) mass is 686 g/mol. The fraction of sp³-hybridized carbons (Fsp3) is 0.513. The van der Waals surface area contributed by atoms with Crippen molar-refractivity contribution in [1.29, 1.82) is 0 Å². The Bertz CT molecular complexity index is 1610. The molecule has 3 amide bonds. The van der Waals surface area contributed by atoms with Crippen LogP contribution in [0.5, 0.6) is 5.75 Å². The summed E-state index contributed by atoms with van der Waals surface area (Å²) in [6.45, 7) is 15.1. The van der Waals surface area contributed by atoms with Gasteiger partial charge in [-0.25, -0.2) is 0 Å². The number of hydrogen-bond acceptors (Lipinski definition) is 7. The molecule has 0 saturated carbocycles. The lowest BCUT2D eigenvalue weighted by Gasteiger charge is -2.40. The highest BCUT2D eigenvalue weighted by atomic mass is 32.2. The van der Waals surface area contributed by atoms with Crippen LogP contribution in [0.4, 0.5) is 17.1 Å². The van der Waals surface area contributed by atoms with Crippen LogP contribution in [0.3, 0.4) is 0 Å². The van der Waals surface area contributed by atoms with Gasteiger partial charge in [0.15, 0.2) is 0 Å². The molecule has 49 heavy (non-hydrogen) atoms. The lowest BCUT2D eigenvalue weighted by Crippen LogP contribution is -2.57. The summed E-state index contributed by atoms with van der Waals surface area (Å²) in [5.74, 6) is -1.18. The van der Waals surface area contributed by atoms with Crippen LogP contribution < -0.4 is 19.4 Å². The van der Waals surface area contributed by atoms with Crippen molar-refractivity contribution in [3.05, 3.63) is 72.8 Å². The molecule has 4 aliphatic heterocycles. The number of thioether (sulfide) groups is 1. The highest BCUT2D eigenvalue weighted by Gasteiger charge is 2.74. The van der Waals surface area contributed by atoms with Gasteiger partial charge in [-0.15, -0.1) is 11.8 Å². The molecule has 4 aliphatic rings. The van der Waals surface area contributed by atoms with Crippen LogP contribution in [0.15, 0.2) is 72.8 Å². The van der Waals surface area contributed by atoms with Crippen LogP contribution in [0.1, 0.15) is 48.0 Å². The van der Waals surface area contributed by atoms with Crippen LogP contribution >= 0.6 is 11.8 Å². The molecule has 6 rings (SSSR count). The molecule has 4 heterocycles. The van der Waals surface area contributed by atoms with Crippen LogP contribution in [0.25, 0.3) is 0 Å². The number of hydrogen-bond donors (Lipinski definition) is 1. The van der Waals surface area contributed by atoms with E-state index >= 15 is 9.59 Å². The normalized spacial score (nSPS) is 28.4. The maximum Gasteiger partial charge on any atom is 0.251 e. The first kappa shape index (κ1) is 35.1. The summed E-state index contributed by atoms with van der Waals surface area (Å²) in [5, 5.41) is 10.8. The Hall–Kier alpha value is -3.76. The zero-order chi connectivity index (χ0) is 35.1. The number of anilines is 3. The van der Waals surface area contributed by atoms with Crippen LogP contribution in [-0.4, -0.2) is 88.7 Å². The average molecular weight is 687 g/mol. The number of likely N-dealkylation sites (tertiary alicyclic amines) is 1. The number of aliphatic hydroxyl groups excluding tert-OH is 1. The predicted octanol–water partition coefficient (Wildman–Crippen LogP) is 5.53. The van der Waals surface area contributed by atoms with Gasteiger partial charge in [0, 0.05) is 48.0 Å². The number of nitrogens with zero attached hydrogens (tertiary/aromatic N) is 4. The molecule has 0 aliphatic carbocycles. The first-order chi connectivity index (χ1) is 23.5. The van der Waals surface area contributed by atoms with E-state index in [1.165, 1.54) is 0 Å². The Morgan fingerprint density at radius 3 is 2.02 bits per heavy atom. The third-order valence-corrected chi connectivity index (χ3v) is 12.4. The molecule has 1 unspecified atom stereocenters. The van der Waals surface area contributed by atoms with Crippen molar-refractivity contribution < 1.29 is 24.2 Å². The zero-order valence-corrected chi connectivity index (χ0v) is 30.4. The number of aliphatic hydroxyl groups is 1. The first-order valence-corrected chi connectivity index (χ1v) is 18.5. The number of rotatable bonds is 11. The molecule has 1 N–H and O–H groups in total. The minimum Gasteiger partial charge on any atom is -0.494 e. The molecule has 6 atom stereocenters. The molecule has 9 nitrogen and oxygen atoms in total. The number of benzene rings is 2. The van der Waals surface area contributed by atoms with Crippen molar-refractivity contribution in [2.45, 2.75) is 69.5 Å². The molecule has 1 spiro atoms. The van der Waals surface area contributed by atoms with Gasteiger partial charge in [0.05, 0.1) is 35.8 Å². The van der Waals surface area contributed by atoms with Gasteiger partial charge in [-0.1, -0.05) is 38.2 Å². The third-order valence-electron chi connectivity index (χ3n) is 10.6. The van der Waals surface area contributed by atoms with E-state index in [4.69, 9.17) is 4.74 Å². The smallest absolute Gasteiger partial charge is 0.251 e. The van der Waals surface area contributed by atoms with E-state index in [2.05, 4.69) is 38.7 Å². The molecule has 10 heteroatoms. The van der Waals surface area contributed by atoms with E-state index in [-0.39, 0.29) is 30.2 Å². The summed E-state index contributed by atoms with van der Waals surface area (Å²) in [5.41, 5.74) is 2.57. The number of fused-ring (bicyclic) bond motifs is 2. The standard InChI is InChI=1S/C39H50N4O5S/c1-7-40(8-2)27-12-14-28(15-13-27)42-23-11-21-39-33(36(46)43(34(39)37(42)47)30(25-44)24-26(4)5)32-35(45)41(22-10-20-38(32,6)49-39)29-16-18-31(19-17-29)48-9-3/h10-21,26,30,32-34,44H,7-9,22-25H2,1-6H3/t30-,32-,33+,34?,38+,39+/m1/s1. The summed E-state index contributed by atoms with van der Waals surface area (Å²) in [4.78, 5) is 52.3. The Morgan fingerprint density at radius 2 is 1.45 bits per heavy atom. The SMILES string of the molecule is CCOc1ccc(N2CC=C[C@]3(C)S[C@]45C=CCN(c6ccc(N(CC)CC)cc6)C(=O)C4N([C@@H](CO)CC(C)C)C(=O)[C@@H]5[C@@H]3C2=O)cc1. The van der Waals surface area contributed by atoms with Gasteiger partial charge in [-0.3, -0.25) is 14.4 Å². The fourth-order valence-electron chi connectivity index (χ4n) is 8.46. The highest BCUT2D eigenvalue weighted by Crippen LogP contribution is 2.66. The second-order valence-corrected chi connectivity index (χ2v) is 15.8. The average Bonchev–Trinajstić information content (AvgIpc) is 3.36.